The van der Waals surface area contributed by atoms with Crippen LogP contribution < -0.4 is 9.47 Å². The Balaban J connectivity index is 2.72. The molecule has 0 aliphatic rings. The molecule has 0 radical (unpaired) electrons. The van der Waals surface area contributed by atoms with Gasteiger partial charge < -0.3 is 9.47 Å². The molecule has 0 saturated heterocycles. The molecule has 0 atom stereocenters. The van der Waals surface area contributed by atoms with Crippen molar-refractivity contribution in [3.8, 4) is 22.8 Å². The molecule has 0 unspecified atom stereocenters. The van der Waals surface area contributed by atoms with Crippen LogP contribution in [-0.4, -0.2) is 24.0 Å². The predicted molar refractivity (Wildman–Crippen MR) is 78.9 cm³/mol. The van der Waals surface area contributed by atoms with Crippen LogP contribution in [0, 0.1) is 13.8 Å². The van der Waals surface area contributed by atoms with Crippen LogP contribution in [0.1, 0.15) is 11.3 Å². The fourth-order valence-corrected chi connectivity index (χ4v) is 2.82. The molecule has 0 bridgehead atoms. The quantitative estimate of drug-likeness (QED) is 0.867. The maximum absolute atomic E-state index is 5.55. The molecule has 2 rings (SSSR count). The second-order valence-corrected chi connectivity index (χ2v) is 5.14. The number of hydrogen-bond donors (Lipinski definition) is 0. The average Bonchev–Trinajstić information content (AvgIpc) is 2.63. The number of hydrogen-bond acceptors (Lipinski definition) is 3. The number of nitrogens with zero attached hydrogens (tertiary/aromatic N) is 2. The Bertz CT molecular complexity index is 620. The van der Waals surface area contributed by atoms with Crippen LogP contribution >= 0.6 is 15.9 Å². The van der Waals surface area contributed by atoms with Crippen molar-refractivity contribution in [3.63, 3.8) is 0 Å². The molecular formula is C14H17BrN2O2. The fraction of sp³-hybridized carbons (Fsp3) is 0.357. The number of aromatic nitrogens is 2. The third-order valence-electron chi connectivity index (χ3n) is 3.18. The summed E-state index contributed by atoms with van der Waals surface area (Å²) in [6, 6.07) is 3.94. The topological polar surface area (TPSA) is 36.3 Å². The van der Waals surface area contributed by atoms with Crippen molar-refractivity contribution in [2.75, 3.05) is 14.2 Å². The summed E-state index contributed by atoms with van der Waals surface area (Å²) in [5, 5.41) is 4.42. The van der Waals surface area contributed by atoms with Crippen molar-refractivity contribution < 1.29 is 9.47 Å². The average molecular weight is 325 g/mol. The molecule has 0 spiro atoms. The zero-order valence-corrected chi connectivity index (χ0v) is 13.3. The Hall–Kier alpha value is -1.49. The van der Waals surface area contributed by atoms with Crippen molar-refractivity contribution in [1.29, 1.82) is 0 Å². The Morgan fingerprint density at radius 1 is 1.16 bits per heavy atom. The highest BCUT2D eigenvalue weighted by molar-refractivity contribution is 9.10. The first kappa shape index (κ1) is 13.9. The van der Waals surface area contributed by atoms with Gasteiger partial charge in [-0.15, -0.1) is 0 Å². The van der Waals surface area contributed by atoms with E-state index in [4.69, 9.17) is 9.47 Å². The molecule has 4 nitrogen and oxygen atoms in total. The van der Waals surface area contributed by atoms with E-state index >= 15 is 0 Å². The van der Waals surface area contributed by atoms with Crippen LogP contribution in [0.4, 0.5) is 0 Å². The Morgan fingerprint density at radius 2 is 1.84 bits per heavy atom. The van der Waals surface area contributed by atoms with E-state index in [0.717, 1.165) is 38.5 Å². The number of benzene rings is 1. The van der Waals surface area contributed by atoms with E-state index in [1.807, 2.05) is 37.7 Å². The van der Waals surface area contributed by atoms with Crippen LogP contribution in [0.5, 0.6) is 11.5 Å². The molecule has 0 N–H and O–H groups in total. The van der Waals surface area contributed by atoms with Gasteiger partial charge in [-0.3, -0.25) is 4.68 Å². The van der Waals surface area contributed by atoms with Gasteiger partial charge in [-0.05, 0) is 41.9 Å². The molecular weight excluding hydrogens is 308 g/mol. The number of aryl methyl sites for hydroxylation is 2. The lowest BCUT2D eigenvalue weighted by Crippen LogP contribution is -1.99. The van der Waals surface area contributed by atoms with E-state index in [1.54, 1.807) is 14.2 Å². The lowest BCUT2D eigenvalue weighted by atomic mass is 10.1. The van der Waals surface area contributed by atoms with Crippen molar-refractivity contribution in [3.05, 3.63) is 27.9 Å². The van der Waals surface area contributed by atoms with Crippen LogP contribution in [0.15, 0.2) is 16.6 Å². The summed E-state index contributed by atoms with van der Waals surface area (Å²) in [6.45, 7) is 3.95. The number of halogens is 1. The third-order valence-corrected chi connectivity index (χ3v) is 4.13. The van der Waals surface area contributed by atoms with Gasteiger partial charge in [-0.1, -0.05) is 0 Å². The summed E-state index contributed by atoms with van der Waals surface area (Å²) in [4.78, 5) is 0. The molecule has 0 aliphatic carbocycles. The van der Waals surface area contributed by atoms with Gasteiger partial charge in [-0.2, -0.15) is 5.10 Å². The van der Waals surface area contributed by atoms with Crippen LogP contribution in [0.25, 0.3) is 11.3 Å². The lowest BCUT2D eigenvalue weighted by Gasteiger charge is -2.15. The van der Waals surface area contributed by atoms with Crippen LogP contribution in [-0.2, 0) is 7.05 Å². The summed E-state index contributed by atoms with van der Waals surface area (Å²) in [7, 11) is 5.25. The van der Waals surface area contributed by atoms with Gasteiger partial charge in [-0.25, -0.2) is 0 Å². The minimum atomic E-state index is 0.808. The molecule has 102 valence electrons. The smallest absolute Gasteiger partial charge is 0.134 e. The largest absolute Gasteiger partial charge is 0.496 e. The van der Waals surface area contributed by atoms with Crippen molar-refractivity contribution in [2.24, 2.45) is 7.05 Å². The lowest BCUT2D eigenvalue weighted by molar-refractivity contribution is 0.389. The summed E-state index contributed by atoms with van der Waals surface area (Å²) in [6.07, 6.45) is 0. The van der Waals surface area contributed by atoms with Gasteiger partial charge in [0.2, 0.25) is 0 Å². The van der Waals surface area contributed by atoms with E-state index in [-0.39, 0.29) is 0 Å². The van der Waals surface area contributed by atoms with Crippen molar-refractivity contribution >= 4 is 15.9 Å². The molecule has 2 aromatic rings. The summed E-state index contributed by atoms with van der Waals surface area (Å²) >= 11 is 3.59. The normalized spacial score (nSPS) is 10.6. The molecule has 0 saturated carbocycles. The van der Waals surface area contributed by atoms with Gasteiger partial charge in [0.15, 0.2) is 0 Å². The standard InChI is InChI=1S/C14H17BrN2O2/c1-8-11(18-4)7-6-10(14(8)19-5)13-12(15)9(2)16-17(13)3/h6-7H,1-5H3. The number of ether oxygens (including phenoxy) is 2. The van der Waals surface area contributed by atoms with E-state index in [2.05, 4.69) is 21.0 Å². The van der Waals surface area contributed by atoms with Crippen LogP contribution in [0.2, 0.25) is 0 Å². The zero-order valence-electron chi connectivity index (χ0n) is 11.7. The second kappa shape index (κ2) is 5.25. The maximum Gasteiger partial charge on any atom is 0.134 e. The summed E-state index contributed by atoms with van der Waals surface area (Å²) in [5.41, 5.74) is 3.93. The maximum atomic E-state index is 5.55. The van der Waals surface area contributed by atoms with Gasteiger partial charge in [0, 0.05) is 18.2 Å². The highest BCUT2D eigenvalue weighted by Gasteiger charge is 2.19. The first-order chi connectivity index (χ1) is 9.01. The molecule has 1 heterocycles. The van der Waals surface area contributed by atoms with E-state index < -0.39 is 0 Å². The van der Waals surface area contributed by atoms with Gasteiger partial charge >= 0.3 is 0 Å². The predicted octanol–water partition coefficient (Wildman–Crippen LogP) is 3.48. The molecule has 0 fully saturated rings. The van der Waals surface area contributed by atoms with E-state index in [9.17, 15) is 0 Å². The zero-order chi connectivity index (χ0) is 14.2. The number of methoxy groups -OCH3 is 2. The number of rotatable bonds is 3. The summed E-state index contributed by atoms with van der Waals surface area (Å²) < 4.78 is 13.7. The van der Waals surface area contributed by atoms with E-state index in [1.165, 1.54) is 0 Å². The highest BCUT2D eigenvalue weighted by Crippen LogP contribution is 2.41. The van der Waals surface area contributed by atoms with Gasteiger partial charge in [0.1, 0.15) is 11.5 Å². The SMILES string of the molecule is COc1ccc(-c2c(Br)c(C)nn2C)c(OC)c1C. The van der Waals surface area contributed by atoms with Crippen molar-refractivity contribution in [1.82, 2.24) is 9.78 Å². The fourth-order valence-electron chi connectivity index (χ4n) is 2.27. The summed E-state index contributed by atoms with van der Waals surface area (Å²) in [5.74, 6) is 1.62. The Morgan fingerprint density at radius 3 is 2.32 bits per heavy atom. The van der Waals surface area contributed by atoms with E-state index in [0.29, 0.717) is 0 Å². The van der Waals surface area contributed by atoms with Crippen molar-refractivity contribution in [2.45, 2.75) is 13.8 Å². The molecule has 5 heteroatoms. The first-order valence-electron chi connectivity index (χ1n) is 5.92. The highest BCUT2D eigenvalue weighted by atomic mass is 79.9. The molecule has 1 aromatic heterocycles. The first-order valence-corrected chi connectivity index (χ1v) is 6.71. The molecule has 19 heavy (non-hydrogen) atoms. The monoisotopic (exact) mass is 324 g/mol. The molecule has 1 aromatic carbocycles. The minimum Gasteiger partial charge on any atom is -0.496 e. The minimum absolute atomic E-state index is 0.808. The molecule has 0 aliphatic heterocycles. The second-order valence-electron chi connectivity index (χ2n) is 4.35. The molecule has 0 amide bonds. The van der Waals surface area contributed by atoms with Crippen LogP contribution in [0.3, 0.4) is 0 Å². The Kier molecular flexibility index (Phi) is 3.85. The van der Waals surface area contributed by atoms with Gasteiger partial charge in [0.25, 0.3) is 0 Å². The Labute approximate surface area is 121 Å². The third kappa shape index (κ3) is 2.23. The van der Waals surface area contributed by atoms with Gasteiger partial charge in [0.05, 0.1) is 30.1 Å².